The summed E-state index contributed by atoms with van der Waals surface area (Å²) in [6, 6.07) is 17.0. The second-order valence-corrected chi connectivity index (χ2v) is 11.7. The minimum atomic E-state index is -1.56. The van der Waals surface area contributed by atoms with Gasteiger partial charge in [-0.15, -0.1) is 11.3 Å². The van der Waals surface area contributed by atoms with Gasteiger partial charge in [0, 0.05) is 35.8 Å². The molecule has 3 atom stereocenters. The Morgan fingerprint density at radius 3 is 2.61 bits per heavy atom. The van der Waals surface area contributed by atoms with Gasteiger partial charge in [-0.2, -0.15) is 0 Å². The Labute approximate surface area is 241 Å². The number of likely N-dealkylation sites (tertiary alicyclic amines) is 1. The van der Waals surface area contributed by atoms with Crippen LogP contribution in [0.1, 0.15) is 50.8 Å². The largest absolute Gasteiger partial charge is 0.457 e. The van der Waals surface area contributed by atoms with Crippen LogP contribution < -0.4 is 27.3 Å². The molecule has 0 bridgehead atoms. The number of Topliss-reactive ketones (excluding diaryl/α,β-unsaturated/α-hetero) is 1. The number of aryl methyl sites for hydroxylation is 1. The Bertz CT molecular complexity index is 1690. The number of anilines is 1. The zero-order valence-electron chi connectivity index (χ0n) is 22.6. The lowest BCUT2D eigenvalue weighted by molar-refractivity contribution is -0.124. The number of carbonyl (C=O) groups excluding carboxylic acids is 3. The quantitative estimate of drug-likeness (QED) is 0.204. The van der Waals surface area contributed by atoms with Gasteiger partial charge in [0.1, 0.15) is 17.0 Å². The number of nitrogen functional groups attached to an aromatic ring is 1. The molecule has 3 unspecified atom stereocenters. The number of hydrogen-bond donors (Lipinski definition) is 4. The maximum Gasteiger partial charge on any atom is 0.262 e. The molecule has 7 N–H and O–H groups in total. The van der Waals surface area contributed by atoms with Crippen molar-refractivity contribution in [3.05, 3.63) is 87.8 Å². The molecule has 2 amide bonds. The van der Waals surface area contributed by atoms with Crippen molar-refractivity contribution >= 4 is 45.2 Å². The number of rotatable bonds is 6. The van der Waals surface area contributed by atoms with E-state index < -0.39 is 17.4 Å². The molecule has 3 aromatic carbocycles. The maximum atomic E-state index is 14.1. The van der Waals surface area contributed by atoms with Crippen LogP contribution in [0.4, 0.5) is 5.69 Å². The number of carbonyl (C=O) groups is 3. The first-order chi connectivity index (χ1) is 19.7. The van der Waals surface area contributed by atoms with Gasteiger partial charge in [0.25, 0.3) is 5.91 Å². The van der Waals surface area contributed by atoms with Crippen LogP contribution in [0.2, 0.25) is 0 Å². The molecule has 1 aliphatic carbocycles. The van der Waals surface area contributed by atoms with Gasteiger partial charge in [0.2, 0.25) is 6.41 Å². The zero-order chi connectivity index (χ0) is 28.9. The predicted molar refractivity (Wildman–Crippen MR) is 159 cm³/mol. The van der Waals surface area contributed by atoms with Crippen LogP contribution in [-0.2, 0) is 15.1 Å². The molecule has 2 heterocycles. The van der Waals surface area contributed by atoms with Crippen molar-refractivity contribution < 1.29 is 19.1 Å². The molecule has 10 heteroatoms. The van der Waals surface area contributed by atoms with Gasteiger partial charge in [-0.05, 0) is 66.8 Å². The number of nitrogens with two attached hydrogens (primary N) is 3. The summed E-state index contributed by atoms with van der Waals surface area (Å²) in [4.78, 5) is 41.0. The second kappa shape index (κ2) is 10.3. The summed E-state index contributed by atoms with van der Waals surface area (Å²) in [6.45, 7) is 2.98. The Morgan fingerprint density at radius 1 is 1.12 bits per heavy atom. The normalized spacial score (nSPS) is 22.0. The van der Waals surface area contributed by atoms with Crippen molar-refractivity contribution in [2.24, 2.45) is 11.5 Å². The molecule has 0 spiro atoms. The molecule has 6 rings (SSSR count). The summed E-state index contributed by atoms with van der Waals surface area (Å²) in [5.74, 6) is 0.560. The highest BCUT2D eigenvalue weighted by atomic mass is 32.1. The first kappa shape index (κ1) is 26.9. The summed E-state index contributed by atoms with van der Waals surface area (Å²) in [5, 5.41) is 3.69. The van der Waals surface area contributed by atoms with Crippen molar-refractivity contribution in [3.63, 3.8) is 0 Å². The molecular weight excluding hydrogens is 538 g/mol. The van der Waals surface area contributed by atoms with Crippen LogP contribution in [0.3, 0.4) is 0 Å². The molecule has 2 aliphatic rings. The van der Waals surface area contributed by atoms with Gasteiger partial charge in [-0.1, -0.05) is 30.3 Å². The fraction of sp³-hybridized carbons (Fsp3) is 0.258. The Kier molecular flexibility index (Phi) is 6.77. The summed E-state index contributed by atoms with van der Waals surface area (Å²) in [6.07, 6.45) is 2.35. The SMILES string of the molecule is Cc1cc(Oc2ccccc2)ccc1C1(N)C(=O)C(N)c2c(C(=O)NC3CCCN(C=O)C3)sc3c(N)ccc1c23. The van der Waals surface area contributed by atoms with Crippen molar-refractivity contribution in [1.82, 2.24) is 10.2 Å². The Hall–Kier alpha value is -4.25. The topological polar surface area (TPSA) is 154 Å². The zero-order valence-corrected chi connectivity index (χ0v) is 23.4. The second-order valence-electron chi connectivity index (χ2n) is 10.7. The van der Waals surface area contributed by atoms with E-state index in [-0.39, 0.29) is 11.9 Å². The van der Waals surface area contributed by atoms with Crippen molar-refractivity contribution in [1.29, 1.82) is 0 Å². The Balaban J connectivity index is 1.42. The lowest BCUT2D eigenvalue weighted by Crippen LogP contribution is -2.53. The number of para-hydroxylation sites is 1. The minimum Gasteiger partial charge on any atom is -0.457 e. The maximum absolute atomic E-state index is 14.1. The molecule has 41 heavy (non-hydrogen) atoms. The number of amides is 2. The van der Waals surface area contributed by atoms with Crippen LogP contribution in [0, 0.1) is 6.92 Å². The standard InChI is InChI=1S/C31H31N5O4S/c1-17-14-20(40-19-7-3-2-4-8-19)9-10-21(17)31(34)22-11-12-23(32)27-24(22)25(26(33)29(31)38)28(41-27)30(39)35-18-6-5-13-36(15-18)16-37/h2-4,7-12,14,16,18,26H,5-6,13,15,32-34H2,1H3,(H,35,39). The van der Waals surface area contributed by atoms with Crippen molar-refractivity contribution in [2.45, 2.75) is 37.4 Å². The highest BCUT2D eigenvalue weighted by Gasteiger charge is 2.49. The van der Waals surface area contributed by atoms with Gasteiger partial charge in [-0.3, -0.25) is 14.4 Å². The predicted octanol–water partition coefficient (Wildman–Crippen LogP) is 3.72. The van der Waals surface area contributed by atoms with E-state index in [0.29, 0.717) is 61.9 Å². The number of piperidine rings is 1. The molecule has 1 saturated heterocycles. The van der Waals surface area contributed by atoms with Crippen LogP contribution >= 0.6 is 11.3 Å². The van der Waals surface area contributed by atoms with E-state index in [1.54, 1.807) is 29.2 Å². The van der Waals surface area contributed by atoms with E-state index in [1.165, 1.54) is 11.3 Å². The van der Waals surface area contributed by atoms with E-state index >= 15 is 0 Å². The van der Waals surface area contributed by atoms with E-state index in [4.69, 9.17) is 21.9 Å². The summed E-state index contributed by atoms with van der Waals surface area (Å²) < 4.78 is 6.65. The molecule has 0 radical (unpaired) electrons. The van der Waals surface area contributed by atoms with Gasteiger partial charge in [0.15, 0.2) is 5.78 Å². The fourth-order valence-electron chi connectivity index (χ4n) is 6.07. The van der Waals surface area contributed by atoms with Gasteiger partial charge in [0.05, 0.1) is 15.6 Å². The average Bonchev–Trinajstić information content (AvgIpc) is 3.38. The molecule has 1 aromatic heterocycles. The minimum absolute atomic E-state index is 0.195. The number of nitrogens with zero attached hydrogens (tertiary/aromatic N) is 1. The van der Waals surface area contributed by atoms with E-state index in [9.17, 15) is 14.4 Å². The van der Waals surface area contributed by atoms with Gasteiger partial charge in [-0.25, -0.2) is 0 Å². The van der Waals surface area contributed by atoms with Crippen molar-refractivity contribution in [2.75, 3.05) is 18.8 Å². The van der Waals surface area contributed by atoms with Crippen LogP contribution in [-0.4, -0.2) is 42.1 Å². The van der Waals surface area contributed by atoms with E-state index in [1.807, 2.05) is 43.3 Å². The number of benzene rings is 3. The smallest absolute Gasteiger partial charge is 0.262 e. The molecule has 1 aliphatic heterocycles. The highest BCUT2D eigenvalue weighted by Crippen LogP contribution is 2.50. The monoisotopic (exact) mass is 569 g/mol. The lowest BCUT2D eigenvalue weighted by Gasteiger charge is -2.37. The summed E-state index contributed by atoms with van der Waals surface area (Å²) >= 11 is 1.21. The van der Waals surface area contributed by atoms with Crippen LogP contribution in [0.25, 0.3) is 10.1 Å². The lowest BCUT2D eigenvalue weighted by atomic mass is 9.69. The highest BCUT2D eigenvalue weighted by molar-refractivity contribution is 7.21. The Morgan fingerprint density at radius 2 is 1.88 bits per heavy atom. The van der Waals surface area contributed by atoms with E-state index in [0.717, 1.165) is 24.8 Å². The molecule has 1 fully saturated rings. The summed E-state index contributed by atoms with van der Waals surface area (Å²) in [5.41, 5.74) is 21.4. The third kappa shape index (κ3) is 4.44. The molecule has 210 valence electrons. The molecule has 0 saturated carbocycles. The first-order valence-corrected chi connectivity index (χ1v) is 14.3. The summed E-state index contributed by atoms with van der Waals surface area (Å²) in [7, 11) is 0. The third-order valence-corrected chi connectivity index (χ3v) is 9.31. The average molecular weight is 570 g/mol. The van der Waals surface area contributed by atoms with Gasteiger partial charge >= 0.3 is 0 Å². The number of thiophene rings is 1. The number of nitrogens with one attached hydrogen (secondary N) is 1. The van der Waals surface area contributed by atoms with Crippen LogP contribution in [0.15, 0.2) is 60.7 Å². The van der Waals surface area contributed by atoms with Crippen LogP contribution in [0.5, 0.6) is 11.5 Å². The molecular formula is C31H31N5O4S. The number of ketones is 1. The van der Waals surface area contributed by atoms with Crippen molar-refractivity contribution in [3.8, 4) is 11.5 Å². The molecule has 4 aromatic rings. The first-order valence-electron chi connectivity index (χ1n) is 13.5. The number of ether oxygens (including phenoxy) is 1. The molecule has 9 nitrogen and oxygen atoms in total. The fourth-order valence-corrected chi connectivity index (χ4v) is 7.27. The van der Waals surface area contributed by atoms with E-state index in [2.05, 4.69) is 5.32 Å². The number of hydrogen-bond acceptors (Lipinski definition) is 8. The third-order valence-electron chi connectivity index (χ3n) is 8.06. The van der Waals surface area contributed by atoms with Gasteiger partial charge < -0.3 is 32.2 Å².